The zero-order valence-electron chi connectivity index (χ0n) is 15.5. The zero-order chi connectivity index (χ0) is 18.7. The molecule has 0 spiro atoms. The summed E-state index contributed by atoms with van der Waals surface area (Å²) in [6.07, 6.45) is 3.69. The van der Waals surface area contributed by atoms with Crippen LogP contribution < -0.4 is 5.32 Å². The summed E-state index contributed by atoms with van der Waals surface area (Å²) in [5.74, 6) is 0.285. The standard InChI is InChI=1S/C21H23N3OS/c1-14-8-9-18(12-16(14)3)24-11-10-22-21(24)26-13-20(25)23-19-7-5-6-15(2)17(19)4/h5-12H,13H2,1-4H3,(H,23,25). The Balaban J connectivity index is 1.69. The van der Waals surface area contributed by atoms with E-state index in [2.05, 4.69) is 42.3 Å². The first-order chi connectivity index (χ1) is 12.5. The van der Waals surface area contributed by atoms with Crippen LogP contribution in [-0.4, -0.2) is 21.2 Å². The van der Waals surface area contributed by atoms with E-state index in [1.54, 1.807) is 6.20 Å². The van der Waals surface area contributed by atoms with E-state index in [0.717, 1.165) is 22.1 Å². The Hall–Kier alpha value is -2.53. The van der Waals surface area contributed by atoms with Gasteiger partial charge in [0.2, 0.25) is 5.91 Å². The Kier molecular flexibility index (Phi) is 5.47. The first-order valence-corrected chi connectivity index (χ1v) is 9.54. The molecule has 0 unspecified atom stereocenters. The Morgan fingerprint density at radius 2 is 1.88 bits per heavy atom. The molecule has 4 nitrogen and oxygen atoms in total. The van der Waals surface area contributed by atoms with Gasteiger partial charge < -0.3 is 5.32 Å². The molecule has 2 aromatic carbocycles. The van der Waals surface area contributed by atoms with Crippen molar-refractivity contribution in [3.63, 3.8) is 0 Å². The molecule has 0 saturated carbocycles. The molecule has 0 atom stereocenters. The second kappa shape index (κ2) is 7.79. The molecule has 134 valence electrons. The monoisotopic (exact) mass is 365 g/mol. The molecule has 26 heavy (non-hydrogen) atoms. The van der Waals surface area contributed by atoms with E-state index in [1.807, 2.05) is 42.8 Å². The van der Waals surface area contributed by atoms with Crippen molar-refractivity contribution in [2.75, 3.05) is 11.1 Å². The van der Waals surface area contributed by atoms with Gasteiger partial charge in [-0.2, -0.15) is 0 Å². The lowest BCUT2D eigenvalue weighted by Crippen LogP contribution is -2.15. The van der Waals surface area contributed by atoms with Gasteiger partial charge in [0.05, 0.1) is 5.75 Å². The van der Waals surface area contributed by atoms with Crippen molar-refractivity contribution in [2.24, 2.45) is 0 Å². The maximum absolute atomic E-state index is 12.3. The Morgan fingerprint density at radius 1 is 1.08 bits per heavy atom. The second-order valence-electron chi connectivity index (χ2n) is 6.43. The van der Waals surface area contributed by atoms with Gasteiger partial charge in [0.25, 0.3) is 0 Å². The first kappa shape index (κ1) is 18.3. The highest BCUT2D eigenvalue weighted by atomic mass is 32.2. The molecule has 0 aliphatic rings. The fourth-order valence-electron chi connectivity index (χ4n) is 2.67. The van der Waals surface area contributed by atoms with Crippen molar-refractivity contribution in [3.8, 4) is 5.69 Å². The number of imidazole rings is 1. The molecule has 1 amide bonds. The SMILES string of the molecule is Cc1ccc(-n2ccnc2SCC(=O)Nc2cccc(C)c2C)cc1C. The lowest BCUT2D eigenvalue weighted by molar-refractivity contribution is -0.113. The number of anilines is 1. The van der Waals surface area contributed by atoms with Gasteiger partial charge in [-0.05, 0) is 68.1 Å². The number of benzene rings is 2. The number of aryl methyl sites for hydroxylation is 3. The predicted octanol–water partition coefficient (Wildman–Crippen LogP) is 4.84. The molecular formula is C21H23N3OS. The summed E-state index contributed by atoms with van der Waals surface area (Å²) in [5.41, 5.74) is 6.69. The molecule has 1 aromatic heterocycles. The van der Waals surface area contributed by atoms with E-state index < -0.39 is 0 Å². The number of carbonyl (C=O) groups is 1. The molecule has 0 saturated heterocycles. The topological polar surface area (TPSA) is 46.9 Å². The van der Waals surface area contributed by atoms with Crippen LogP contribution in [0.3, 0.4) is 0 Å². The fraction of sp³-hybridized carbons (Fsp3) is 0.238. The van der Waals surface area contributed by atoms with Gasteiger partial charge in [-0.15, -0.1) is 0 Å². The van der Waals surface area contributed by atoms with Gasteiger partial charge in [0.15, 0.2) is 5.16 Å². The second-order valence-corrected chi connectivity index (χ2v) is 7.38. The van der Waals surface area contributed by atoms with Crippen LogP contribution in [0.15, 0.2) is 53.9 Å². The van der Waals surface area contributed by atoms with Gasteiger partial charge in [0, 0.05) is 23.8 Å². The largest absolute Gasteiger partial charge is 0.325 e. The van der Waals surface area contributed by atoms with Crippen LogP contribution in [0.1, 0.15) is 22.3 Å². The van der Waals surface area contributed by atoms with E-state index in [-0.39, 0.29) is 5.91 Å². The van der Waals surface area contributed by atoms with Crippen LogP contribution in [0.25, 0.3) is 5.69 Å². The maximum Gasteiger partial charge on any atom is 0.234 e. The van der Waals surface area contributed by atoms with Crippen LogP contribution in [0, 0.1) is 27.7 Å². The average molecular weight is 366 g/mol. The highest BCUT2D eigenvalue weighted by Crippen LogP contribution is 2.23. The molecular weight excluding hydrogens is 342 g/mol. The molecule has 3 rings (SSSR count). The lowest BCUT2D eigenvalue weighted by Gasteiger charge is -2.11. The van der Waals surface area contributed by atoms with Crippen molar-refractivity contribution in [1.82, 2.24) is 9.55 Å². The number of carbonyl (C=O) groups excluding carboxylic acids is 1. The van der Waals surface area contributed by atoms with Crippen LogP contribution in [0.5, 0.6) is 0 Å². The minimum Gasteiger partial charge on any atom is -0.325 e. The van der Waals surface area contributed by atoms with Gasteiger partial charge >= 0.3 is 0 Å². The third-order valence-electron chi connectivity index (χ3n) is 4.59. The van der Waals surface area contributed by atoms with E-state index in [0.29, 0.717) is 5.75 Å². The molecule has 0 radical (unpaired) electrons. The molecule has 3 aromatic rings. The quantitative estimate of drug-likeness (QED) is 0.658. The normalized spacial score (nSPS) is 10.8. The van der Waals surface area contributed by atoms with Crippen molar-refractivity contribution in [3.05, 3.63) is 71.0 Å². The van der Waals surface area contributed by atoms with E-state index >= 15 is 0 Å². The summed E-state index contributed by atoms with van der Waals surface area (Å²) in [6, 6.07) is 12.2. The number of rotatable bonds is 5. The number of hydrogen-bond donors (Lipinski definition) is 1. The Morgan fingerprint density at radius 3 is 2.65 bits per heavy atom. The molecule has 1 heterocycles. The van der Waals surface area contributed by atoms with E-state index in [1.165, 1.54) is 28.5 Å². The van der Waals surface area contributed by atoms with Crippen LogP contribution in [-0.2, 0) is 4.79 Å². The number of aromatic nitrogens is 2. The highest BCUT2D eigenvalue weighted by molar-refractivity contribution is 7.99. The maximum atomic E-state index is 12.3. The van der Waals surface area contributed by atoms with Crippen LogP contribution in [0.4, 0.5) is 5.69 Å². The zero-order valence-corrected chi connectivity index (χ0v) is 16.4. The van der Waals surface area contributed by atoms with Crippen molar-refractivity contribution < 1.29 is 4.79 Å². The summed E-state index contributed by atoms with van der Waals surface area (Å²) < 4.78 is 2.02. The molecule has 1 N–H and O–H groups in total. The number of hydrogen-bond acceptors (Lipinski definition) is 3. The Labute approximate surface area is 158 Å². The van der Waals surface area contributed by atoms with Crippen LogP contribution in [0.2, 0.25) is 0 Å². The van der Waals surface area contributed by atoms with Crippen molar-refractivity contribution >= 4 is 23.4 Å². The molecule has 0 bridgehead atoms. The number of nitrogens with zero attached hydrogens (tertiary/aromatic N) is 2. The number of nitrogens with one attached hydrogen (secondary N) is 1. The average Bonchev–Trinajstić information content (AvgIpc) is 3.08. The van der Waals surface area contributed by atoms with Gasteiger partial charge in [-0.3, -0.25) is 9.36 Å². The minimum absolute atomic E-state index is 0.0293. The van der Waals surface area contributed by atoms with E-state index in [4.69, 9.17) is 0 Å². The summed E-state index contributed by atoms with van der Waals surface area (Å²) >= 11 is 1.44. The minimum atomic E-state index is -0.0293. The number of thioether (sulfide) groups is 1. The molecule has 5 heteroatoms. The lowest BCUT2D eigenvalue weighted by atomic mass is 10.1. The summed E-state index contributed by atoms with van der Waals surface area (Å²) in [5, 5.41) is 3.80. The summed E-state index contributed by atoms with van der Waals surface area (Å²) in [7, 11) is 0. The smallest absolute Gasteiger partial charge is 0.234 e. The molecule has 0 aliphatic heterocycles. The highest BCUT2D eigenvalue weighted by Gasteiger charge is 2.11. The number of amides is 1. The van der Waals surface area contributed by atoms with Crippen molar-refractivity contribution in [1.29, 1.82) is 0 Å². The van der Waals surface area contributed by atoms with Gasteiger partial charge in [-0.25, -0.2) is 4.98 Å². The van der Waals surface area contributed by atoms with Crippen LogP contribution >= 0.6 is 11.8 Å². The third kappa shape index (κ3) is 3.99. The van der Waals surface area contributed by atoms with E-state index in [9.17, 15) is 4.79 Å². The summed E-state index contributed by atoms with van der Waals surface area (Å²) in [4.78, 5) is 16.8. The molecule has 0 aliphatic carbocycles. The summed E-state index contributed by atoms with van der Waals surface area (Å²) in [6.45, 7) is 8.26. The molecule has 0 fully saturated rings. The van der Waals surface area contributed by atoms with Crippen molar-refractivity contribution in [2.45, 2.75) is 32.9 Å². The first-order valence-electron chi connectivity index (χ1n) is 8.55. The van der Waals surface area contributed by atoms with Gasteiger partial charge in [0.1, 0.15) is 0 Å². The third-order valence-corrected chi connectivity index (χ3v) is 5.55. The fourth-order valence-corrected chi connectivity index (χ4v) is 3.44. The predicted molar refractivity (Wildman–Crippen MR) is 108 cm³/mol. The Bertz CT molecular complexity index is 946. The van der Waals surface area contributed by atoms with Gasteiger partial charge in [-0.1, -0.05) is 30.0 Å².